The Labute approximate surface area is 128 Å². The highest BCUT2D eigenvalue weighted by Gasteiger charge is 2.11. The van der Waals surface area contributed by atoms with Gasteiger partial charge in [-0.05, 0) is 40.2 Å². The zero-order valence-electron chi connectivity index (χ0n) is 10.8. The molecule has 2 aromatic heterocycles. The van der Waals surface area contributed by atoms with Gasteiger partial charge in [0.2, 0.25) is 5.89 Å². The predicted octanol–water partition coefficient (Wildman–Crippen LogP) is 3.84. The lowest BCUT2D eigenvalue weighted by atomic mass is 10.2. The number of fused-ring (bicyclic) bond motifs is 1. The molecule has 0 fully saturated rings. The summed E-state index contributed by atoms with van der Waals surface area (Å²) in [6, 6.07) is 13.7. The van der Waals surface area contributed by atoms with Gasteiger partial charge in [0, 0.05) is 10.5 Å². The molecular weight excluding hydrogens is 332 g/mol. The Balaban J connectivity index is 1.85. The molecule has 21 heavy (non-hydrogen) atoms. The first-order chi connectivity index (χ1) is 10.3. The van der Waals surface area contributed by atoms with Crippen LogP contribution in [0.3, 0.4) is 0 Å². The molecule has 0 radical (unpaired) electrons. The maximum atomic E-state index is 5.88. The topological polar surface area (TPSA) is 56.7 Å². The van der Waals surface area contributed by atoms with Crippen molar-refractivity contribution in [2.24, 2.45) is 0 Å². The molecule has 0 bridgehead atoms. The van der Waals surface area contributed by atoms with Crippen LogP contribution in [0.5, 0.6) is 0 Å². The summed E-state index contributed by atoms with van der Waals surface area (Å²) in [7, 11) is 0. The molecule has 0 aliphatic heterocycles. The van der Waals surface area contributed by atoms with E-state index in [0.717, 1.165) is 26.8 Å². The average Bonchev–Trinajstić information content (AvgIpc) is 3.16. The van der Waals surface area contributed by atoms with Crippen molar-refractivity contribution in [3.8, 4) is 17.1 Å². The second kappa shape index (κ2) is 4.82. The van der Waals surface area contributed by atoms with E-state index in [1.807, 2.05) is 47.0 Å². The van der Waals surface area contributed by atoms with Gasteiger partial charge in [-0.1, -0.05) is 12.1 Å². The minimum absolute atomic E-state index is 0.596. The fraction of sp³-hybridized carbons (Fsp3) is 0. The lowest BCUT2D eigenvalue weighted by Crippen LogP contribution is -1.88. The molecule has 4 aromatic rings. The number of halogens is 1. The minimum Gasteiger partial charge on any atom is -0.436 e. The van der Waals surface area contributed by atoms with E-state index >= 15 is 0 Å². The van der Waals surface area contributed by atoms with E-state index in [1.54, 1.807) is 12.7 Å². The summed E-state index contributed by atoms with van der Waals surface area (Å²) in [6.45, 7) is 0. The molecule has 0 aliphatic rings. The highest BCUT2D eigenvalue weighted by Crippen LogP contribution is 2.30. The fourth-order valence-electron chi connectivity index (χ4n) is 2.16. The number of aromatic nitrogens is 4. The first-order valence-corrected chi connectivity index (χ1v) is 7.11. The van der Waals surface area contributed by atoms with Crippen LogP contribution in [0, 0.1) is 0 Å². The molecule has 0 aliphatic carbocycles. The summed E-state index contributed by atoms with van der Waals surface area (Å²) in [4.78, 5) is 4.53. The number of rotatable bonds is 2. The van der Waals surface area contributed by atoms with Crippen LogP contribution >= 0.6 is 15.9 Å². The normalized spacial score (nSPS) is 11.1. The highest BCUT2D eigenvalue weighted by molar-refractivity contribution is 9.10. The zero-order chi connectivity index (χ0) is 14.2. The molecule has 5 nitrogen and oxygen atoms in total. The molecule has 2 heterocycles. The van der Waals surface area contributed by atoms with E-state index in [1.165, 1.54) is 0 Å². The molecule has 0 amide bonds. The van der Waals surface area contributed by atoms with Crippen molar-refractivity contribution in [3.05, 3.63) is 59.6 Å². The summed E-state index contributed by atoms with van der Waals surface area (Å²) in [5.41, 5.74) is 3.41. The van der Waals surface area contributed by atoms with Crippen molar-refractivity contribution in [2.45, 2.75) is 0 Å². The van der Waals surface area contributed by atoms with Gasteiger partial charge in [0.1, 0.15) is 18.2 Å². The van der Waals surface area contributed by atoms with Crippen molar-refractivity contribution in [1.29, 1.82) is 0 Å². The highest BCUT2D eigenvalue weighted by atomic mass is 79.9. The predicted molar refractivity (Wildman–Crippen MR) is 82.1 cm³/mol. The summed E-state index contributed by atoms with van der Waals surface area (Å²) < 4.78 is 8.65. The second-order valence-electron chi connectivity index (χ2n) is 4.52. The van der Waals surface area contributed by atoms with Crippen LogP contribution in [0.15, 0.2) is 64.0 Å². The largest absolute Gasteiger partial charge is 0.436 e. The quantitative estimate of drug-likeness (QED) is 0.556. The summed E-state index contributed by atoms with van der Waals surface area (Å²) in [5.74, 6) is 0.596. The molecule has 0 spiro atoms. The molecule has 0 saturated heterocycles. The lowest BCUT2D eigenvalue weighted by Gasteiger charge is -1.98. The molecular formula is C15H9BrN4O. The van der Waals surface area contributed by atoms with E-state index < -0.39 is 0 Å². The maximum absolute atomic E-state index is 5.88. The molecule has 4 rings (SSSR count). The third-order valence-corrected chi connectivity index (χ3v) is 3.88. The van der Waals surface area contributed by atoms with Gasteiger partial charge in [-0.15, -0.1) is 10.2 Å². The van der Waals surface area contributed by atoms with E-state index in [4.69, 9.17) is 4.42 Å². The first-order valence-electron chi connectivity index (χ1n) is 6.32. The molecule has 2 aromatic carbocycles. The smallest absolute Gasteiger partial charge is 0.228 e. The van der Waals surface area contributed by atoms with Crippen LogP contribution in [-0.4, -0.2) is 19.7 Å². The number of nitrogens with zero attached hydrogens (tertiary/aromatic N) is 4. The number of hydrogen-bond donors (Lipinski definition) is 0. The summed E-state index contributed by atoms with van der Waals surface area (Å²) >= 11 is 3.52. The second-order valence-corrected chi connectivity index (χ2v) is 5.37. The average molecular weight is 341 g/mol. The summed E-state index contributed by atoms with van der Waals surface area (Å²) in [6.07, 6.45) is 3.29. The Morgan fingerprint density at radius 3 is 2.62 bits per heavy atom. The lowest BCUT2D eigenvalue weighted by molar-refractivity contribution is 0.619. The van der Waals surface area contributed by atoms with Crippen molar-refractivity contribution in [3.63, 3.8) is 0 Å². The molecule has 6 heteroatoms. The maximum Gasteiger partial charge on any atom is 0.228 e. The van der Waals surface area contributed by atoms with Gasteiger partial charge < -0.3 is 4.42 Å². The Morgan fingerprint density at radius 1 is 1.00 bits per heavy atom. The van der Waals surface area contributed by atoms with Crippen LogP contribution in [0.25, 0.3) is 28.2 Å². The molecule has 0 N–H and O–H groups in total. The first kappa shape index (κ1) is 12.3. The standard InChI is InChI=1S/C15H9BrN4O/c16-12-4-2-1-3-11(12)15-19-13-6-5-10(7-14(13)21-15)20-8-17-18-9-20/h1-9H. The minimum atomic E-state index is 0.596. The van der Waals surface area contributed by atoms with Gasteiger partial charge in [-0.2, -0.15) is 0 Å². The molecule has 0 atom stereocenters. The van der Waals surface area contributed by atoms with Crippen molar-refractivity contribution in [1.82, 2.24) is 19.7 Å². The van der Waals surface area contributed by atoms with Crippen LogP contribution in [0.1, 0.15) is 0 Å². The van der Waals surface area contributed by atoms with E-state index in [-0.39, 0.29) is 0 Å². The third-order valence-electron chi connectivity index (χ3n) is 3.19. The van der Waals surface area contributed by atoms with Gasteiger partial charge in [0.05, 0.1) is 11.3 Å². The van der Waals surface area contributed by atoms with Crippen molar-refractivity contribution in [2.75, 3.05) is 0 Å². The van der Waals surface area contributed by atoms with Gasteiger partial charge in [-0.25, -0.2) is 4.98 Å². The van der Waals surface area contributed by atoms with Crippen LogP contribution in [-0.2, 0) is 0 Å². The van der Waals surface area contributed by atoms with E-state index in [9.17, 15) is 0 Å². The van der Waals surface area contributed by atoms with E-state index in [2.05, 4.69) is 31.1 Å². The number of benzene rings is 2. The number of oxazole rings is 1. The van der Waals surface area contributed by atoms with E-state index in [0.29, 0.717) is 5.89 Å². The van der Waals surface area contributed by atoms with Gasteiger partial charge >= 0.3 is 0 Å². The Kier molecular flexibility index (Phi) is 2.82. The van der Waals surface area contributed by atoms with Crippen LogP contribution in [0.4, 0.5) is 0 Å². The monoisotopic (exact) mass is 340 g/mol. The molecule has 0 saturated carbocycles. The van der Waals surface area contributed by atoms with Crippen LogP contribution in [0.2, 0.25) is 0 Å². The van der Waals surface area contributed by atoms with Crippen molar-refractivity contribution < 1.29 is 4.42 Å². The Bertz CT molecular complexity index is 914. The van der Waals surface area contributed by atoms with Gasteiger partial charge in [-0.3, -0.25) is 4.57 Å². The molecule has 0 unspecified atom stereocenters. The third kappa shape index (κ3) is 2.13. The molecule has 102 valence electrons. The van der Waals surface area contributed by atoms with Gasteiger partial charge in [0.25, 0.3) is 0 Å². The van der Waals surface area contributed by atoms with Gasteiger partial charge in [0.15, 0.2) is 5.58 Å². The van der Waals surface area contributed by atoms with Crippen molar-refractivity contribution >= 4 is 27.0 Å². The Morgan fingerprint density at radius 2 is 1.81 bits per heavy atom. The Hall–Kier alpha value is -2.47. The van der Waals surface area contributed by atoms with Crippen LogP contribution < -0.4 is 0 Å². The summed E-state index contributed by atoms with van der Waals surface area (Å²) in [5, 5.41) is 7.61. The zero-order valence-corrected chi connectivity index (χ0v) is 12.4. The fourth-order valence-corrected chi connectivity index (χ4v) is 2.61. The number of hydrogen-bond acceptors (Lipinski definition) is 4. The SMILES string of the molecule is Brc1ccccc1-c1nc2ccc(-n3cnnc3)cc2o1.